The maximum Gasteiger partial charge on any atom is 0.240 e. The van der Waals surface area contributed by atoms with Gasteiger partial charge in [0.1, 0.15) is 5.75 Å². The van der Waals surface area contributed by atoms with E-state index >= 15 is 0 Å². The summed E-state index contributed by atoms with van der Waals surface area (Å²) < 4.78 is 1.70. The first-order valence-electron chi connectivity index (χ1n) is 5.56. The number of phenols is 1. The zero-order valence-electron chi connectivity index (χ0n) is 9.83. The summed E-state index contributed by atoms with van der Waals surface area (Å²) in [5, 5.41) is 13.7. The minimum absolute atomic E-state index is 0.241. The second-order valence-electron chi connectivity index (χ2n) is 4.12. The largest absolute Gasteiger partial charge is 0.508 e. The molecule has 0 unspecified atom stereocenters. The molecule has 0 atom stereocenters. The third-order valence-corrected chi connectivity index (χ3v) is 2.91. The van der Waals surface area contributed by atoms with Crippen LogP contribution in [0, 0.1) is 6.92 Å². The first-order chi connectivity index (χ1) is 8.65. The lowest BCUT2D eigenvalue weighted by Gasteiger charge is -2.07. The van der Waals surface area contributed by atoms with Crippen LogP contribution in [0.5, 0.6) is 5.75 Å². The summed E-state index contributed by atoms with van der Waals surface area (Å²) in [4.78, 5) is 4.11. The Labute approximate surface area is 104 Å². The molecule has 0 aliphatic heterocycles. The third kappa shape index (κ3) is 1.57. The number of pyridine rings is 1. The van der Waals surface area contributed by atoms with E-state index in [0.29, 0.717) is 5.65 Å². The van der Waals surface area contributed by atoms with Crippen molar-refractivity contribution in [2.75, 3.05) is 5.73 Å². The molecule has 0 aliphatic carbocycles. The Morgan fingerprint density at radius 1 is 1.22 bits per heavy atom. The van der Waals surface area contributed by atoms with Crippen molar-refractivity contribution in [2.45, 2.75) is 6.92 Å². The van der Waals surface area contributed by atoms with Crippen LogP contribution in [0.15, 0.2) is 36.4 Å². The molecule has 0 saturated carbocycles. The summed E-state index contributed by atoms with van der Waals surface area (Å²) in [6, 6.07) is 10.9. The third-order valence-electron chi connectivity index (χ3n) is 2.91. The van der Waals surface area contributed by atoms with E-state index in [9.17, 15) is 5.11 Å². The highest BCUT2D eigenvalue weighted by Crippen LogP contribution is 2.26. The Balaban J connectivity index is 2.26. The first-order valence-corrected chi connectivity index (χ1v) is 5.56. The number of anilines is 1. The number of benzene rings is 1. The van der Waals surface area contributed by atoms with Gasteiger partial charge in [0, 0.05) is 11.3 Å². The molecule has 2 aromatic heterocycles. The van der Waals surface area contributed by atoms with Gasteiger partial charge in [-0.25, -0.2) is 4.52 Å². The number of fused-ring (bicyclic) bond motifs is 1. The van der Waals surface area contributed by atoms with Gasteiger partial charge in [0.15, 0.2) is 5.65 Å². The Kier molecular flexibility index (Phi) is 2.19. The SMILES string of the molecule is Cc1c(-c2cccc(O)c2)ccc2nc(N)nn12. The molecule has 90 valence electrons. The van der Waals surface area contributed by atoms with E-state index in [1.807, 2.05) is 31.2 Å². The highest BCUT2D eigenvalue weighted by Gasteiger charge is 2.09. The summed E-state index contributed by atoms with van der Waals surface area (Å²) in [6.45, 7) is 1.94. The van der Waals surface area contributed by atoms with Crippen molar-refractivity contribution in [3.8, 4) is 16.9 Å². The van der Waals surface area contributed by atoms with Gasteiger partial charge in [-0.1, -0.05) is 12.1 Å². The van der Waals surface area contributed by atoms with Gasteiger partial charge in [-0.2, -0.15) is 4.98 Å². The first kappa shape index (κ1) is 10.6. The summed E-state index contributed by atoms with van der Waals surface area (Å²) in [5.41, 5.74) is 9.16. The van der Waals surface area contributed by atoms with Crippen molar-refractivity contribution in [3.63, 3.8) is 0 Å². The summed E-state index contributed by atoms with van der Waals surface area (Å²) >= 11 is 0. The Hall–Kier alpha value is -2.56. The fraction of sp³-hybridized carbons (Fsp3) is 0.0769. The molecule has 18 heavy (non-hydrogen) atoms. The van der Waals surface area contributed by atoms with Crippen LogP contribution in [0.4, 0.5) is 5.95 Å². The minimum Gasteiger partial charge on any atom is -0.508 e. The number of rotatable bonds is 1. The van der Waals surface area contributed by atoms with E-state index in [4.69, 9.17) is 5.73 Å². The van der Waals surface area contributed by atoms with Gasteiger partial charge in [0.05, 0.1) is 0 Å². The molecule has 2 heterocycles. The Morgan fingerprint density at radius 3 is 2.83 bits per heavy atom. The predicted octanol–water partition coefficient (Wildman–Crippen LogP) is 1.99. The number of hydrogen-bond donors (Lipinski definition) is 2. The topological polar surface area (TPSA) is 76.4 Å². The number of nitrogens with zero attached hydrogens (tertiary/aromatic N) is 3. The molecule has 1 aromatic carbocycles. The van der Waals surface area contributed by atoms with Gasteiger partial charge in [0.25, 0.3) is 0 Å². The lowest BCUT2D eigenvalue weighted by Crippen LogP contribution is -1.97. The molecule has 5 nitrogen and oxygen atoms in total. The van der Waals surface area contributed by atoms with Crippen molar-refractivity contribution in [1.29, 1.82) is 0 Å². The number of nitrogen functional groups attached to an aromatic ring is 1. The van der Waals surface area contributed by atoms with Crippen LogP contribution in [-0.4, -0.2) is 19.7 Å². The van der Waals surface area contributed by atoms with Crippen molar-refractivity contribution < 1.29 is 5.11 Å². The average Bonchev–Trinajstić information content (AvgIpc) is 2.71. The van der Waals surface area contributed by atoms with Gasteiger partial charge in [-0.3, -0.25) is 0 Å². The fourth-order valence-electron chi connectivity index (χ4n) is 2.07. The van der Waals surface area contributed by atoms with E-state index < -0.39 is 0 Å². The van der Waals surface area contributed by atoms with Crippen molar-refractivity contribution in [1.82, 2.24) is 14.6 Å². The summed E-state index contributed by atoms with van der Waals surface area (Å²) in [7, 11) is 0. The maximum atomic E-state index is 9.53. The monoisotopic (exact) mass is 240 g/mol. The molecule has 0 spiro atoms. The lowest BCUT2D eigenvalue weighted by molar-refractivity contribution is 0.475. The molecule has 3 N–H and O–H groups in total. The normalized spacial score (nSPS) is 10.9. The average molecular weight is 240 g/mol. The van der Waals surface area contributed by atoms with Crippen LogP contribution in [0.2, 0.25) is 0 Å². The number of hydrogen-bond acceptors (Lipinski definition) is 4. The number of aromatic nitrogens is 3. The molecule has 5 heteroatoms. The molecular weight excluding hydrogens is 228 g/mol. The van der Waals surface area contributed by atoms with E-state index in [2.05, 4.69) is 10.1 Å². The Bertz CT molecular complexity index is 733. The minimum atomic E-state index is 0.241. The summed E-state index contributed by atoms with van der Waals surface area (Å²) in [6.07, 6.45) is 0. The van der Waals surface area contributed by atoms with Crippen LogP contribution in [0.25, 0.3) is 16.8 Å². The van der Waals surface area contributed by atoms with Gasteiger partial charge in [-0.15, -0.1) is 5.10 Å². The van der Waals surface area contributed by atoms with Crippen LogP contribution < -0.4 is 5.73 Å². The van der Waals surface area contributed by atoms with Crippen molar-refractivity contribution in [3.05, 3.63) is 42.1 Å². The number of aromatic hydroxyl groups is 1. The zero-order valence-corrected chi connectivity index (χ0v) is 9.83. The van der Waals surface area contributed by atoms with Crippen molar-refractivity contribution in [2.24, 2.45) is 0 Å². The molecule has 0 amide bonds. The molecule has 3 rings (SSSR count). The van der Waals surface area contributed by atoms with Crippen LogP contribution >= 0.6 is 0 Å². The van der Waals surface area contributed by atoms with Gasteiger partial charge in [-0.05, 0) is 36.8 Å². The number of nitrogens with two attached hydrogens (primary N) is 1. The van der Waals surface area contributed by atoms with E-state index in [0.717, 1.165) is 16.8 Å². The quantitative estimate of drug-likeness (QED) is 0.682. The van der Waals surface area contributed by atoms with E-state index in [1.54, 1.807) is 16.6 Å². The number of phenolic OH excluding ortho intramolecular Hbond substituents is 1. The van der Waals surface area contributed by atoms with Gasteiger partial charge in [0.2, 0.25) is 5.95 Å². The smallest absolute Gasteiger partial charge is 0.240 e. The predicted molar refractivity (Wildman–Crippen MR) is 69.2 cm³/mol. The molecule has 0 radical (unpaired) electrons. The molecule has 3 aromatic rings. The van der Waals surface area contributed by atoms with E-state index in [1.165, 1.54) is 0 Å². The Morgan fingerprint density at radius 2 is 2.06 bits per heavy atom. The highest BCUT2D eigenvalue weighted by atomic mass is 16.3. The second-order valence-corrected chi connectivity index (χ2v) is 4.12. The van der Waals surface area contributed by atoms with E-state index in [-0.39, 0.29) is 11.7 Å². The highest BCUT2D eigenvalue weighted by molar-refractivity contribution is 5.69. The molecule has 0 fully saturated rings. The molecule has 0 bridgehead atoms. The fourth-order valence-corrected chi connectivity index (χ4v) is 2.07. The summed E-state index contributed by atoms with van der Waals surface area (Å²) in [5.74, 6) is 0.497. The van der Waals surface area contributed by atoms with Crippen LogP contribution in [0.1, 0.15) is 5.69 Å². The van der Waals surface area contributed by atoms with Gasteiger partial charge < -0.3 is 10.8 Å². The lowest BCUT2D eigenvalue weighted by atomic mass is 10.0. The number of aryl methyl sites for hydroxylation is 1. The maximum absolute atomic E-state index is 9.53. The standard InChI is InChI=1S/C13H12N4O/c1-8-11(9-3-2-4-10(18)7-9)5-6-12-15-13(14)16-17(8)12/h2-7,18H,1H3,(H2,14,16). The van der Waals surface area contributed by atoms with Gasteiger partial charge >= 0.3 is 0 Å². The van der Waals surface area contributed by atoms with Crippen LogP contribution in [-0.2, 0) is 0 Å². The van der Waals surface area contributed by atoms with Crippen molar-refractivity contribution >= 4 is 11.6 Å². The van der Waals surface area contributed by atoms with Crippen LogP contribution in [0.3, 0.4) is 0 Å². The molecule has 0 saturated heterocycles. The zero-order chi connectivity index (χ0) is 12.7. The molecular formula is C13H12N4O. The second kappa shape index (κ2) is 3.73. The molecule has 0 aliphatic rings.